The summed E-state index contributed by atoms with van der Waals surface area (Å²) in [6.07, 6.45) is 12.6. The summed E-state index contributed by atoms with van der Waals surface area (Å²) < 4.78 is 0. The average Bonchev–Trinajstić information content (AvgIpc) is 2.49. The van der Waals surface area contributed by atoms with Gasteiger partial charge in [-0.3, -0.25) is 0 Å². The third-order valence-electron chi connectivity index (χ3n) is 4.35. The minimum Gasteiger partial charge on any atom is -0.412 e. The number of hydrogen-bond acceptors (Lipinski definition) is 1. The van der Waals surface area contributed by atoms with Gasteiger partial charge in [-0.15, -0.1) is 0 Å². The lowest BCUT2D eigenvalue weighted by Crippen LogP contribution is -2.14. The molecule has 1 unspecified atom stereocenters. The van der Waals surface area contributed by atoms with Crippen LogP contribution in [-0.4, -0.2) is 5.48 Å². The topological polar surface area (TPSA) is 57.5 Å². The van der Waals surface area contributed by atoms with Crippen molar-refractivity contribution in [1.82, 2.24) is 0 Å². The summed E-state index contributed by atoms with van der Waals surface area (Å²) >= 11 is 0. The normalized spacial score (nSPS) is 12.0. The Morgan fingerprint density at radius 1 is 0.864 bits per heavy atom. The molecule has 2 heteroatoms. The predicted octanol–water partition coefficient (Wildman–Crippen LogP) is 5.13. The van der Waals surface area contributed by atoms with E-state index in [0.29, 0.717) is 0 Å². The molecule has 1 atom stereocenters. The molecular weight excluding hydrogens is 270 g/mol. The van der Waals surface area contributed by atoms with Crippen molar-refractivity contribution in [2.45, 2.75) is 91.0 Å². The van der Waals surface area contributed by atoms with E-state index < -0.39 is 0 Å². The fourth-order valence-electron chi connectivity index (χ4n) is 3.18. The molecule has 0 aliphatic rings. The number of benzene rings is 1. The third kappa shape index (κ3) is 6.93. The first-order valence-corrected chi connectivity index (χ1v) is 9.10. The number of nitrogens with two attached hydrogens (primary N) is 1. The molecule has 0 spiro atoms. The molecule has 2 nitrogen and oxygen atoms in total. The Morgan fingerprint density at radius 3 is 2.18 bits per heavy atom. The molecule has 0 aliphatic carbocycles. The van der Waals surface area contributed by atoms with Gasteiger partial charge in [0.25, 0.3) is 0 Å². The van der Waals surface area contributed by atoms with Crippen LogP contribution < -0.4 is 5.73 Å². The van der Waals surface area contributed by atoms with E-state index in [1.807, 2.05) is 0 Å². The first-order valence-electron chi connectivity index (χ1n) is 9.10. The van der Waals surface area contributed by atoms with Crippen LogP contribution in [0.25, 0.3) is 0 Å². The highest BCUT2D eigenvalue weighted by molar-refractivity contribution is 5.37. The van der Waals surface area contributed by atoms with Crippen LogP contribution >= 0.6 is 0 Å². The lowest BCUT2D eigenvalue weighted by Gasteiger charge is -2.19. The first-order chi connectivity index (χ1) is 10.2. The third-order valence-corrected chi connectivity index (χ3v) is 4.35. The van der Waals surface area contributed by atoms with Crippen molar-refractivity contribution in [3.8, 4) is 0 Å². The van der Waals surface area contributed by atoms with Crippen molar-refractivity contribution < 1.29 is 5.48 Å². The van der Waals surface area contributed by atoms with E-state index in [-0.39, 0.29) is 11.5 Å². The number of hydrogen-bond donors (Lipinski definition) is 1. The smallest absolute Gasteiger partial charge is 0.0297 e. The Balaban J connectivity index is 0.00000441. The summed E-state index contributed by atoms with van der Waals surface area (Å²) in [4.78, 5) is 0. The lowest BCUT2D eigenvalue weighted by molar-refractivity contribution is 0.552. The highest BCUT2D eigenvalue weighted by Gasteiger charge is 2.13. The van der Waals surface area contributed by atoms with Gasteiger partial charge in [-0.05, 0) is 36.0 Å². The highest BCUT2D eigenvalue weighted by Crippen LogP contribution is 2.26. The van der Waals surface area contributed by atoms with Crippen LogP contribution in [0, 0.1) is 0 Å². The van der Waals surface area contributed by atoms with E-state index in [2.05, 4.69) is 39.0 Å². The highest BCUT2D eigenvalue weighted by atomic mass is 16.0. The molecule has 1 rings (SSSR count). The maximum atomic E-state index is 6.51. The van der Waals surface area contributed by atoms with Gasteiger partial charge in [-0.1, -0.05) is 83.9 Å². The Morgan fingerprint density at radius 2 is 1.55 bits per heavy atom. The summed E-state index contributed by atoms with van der Waals surface area (Å²) in [7, 11) is 0. The van der Waals surface area contributed by atoms with Crippen molar-refractivity contribution >= 4 is 0 Å². The molecular formula is C20H37NO. The van der Waals surface area contributed by atoms with Crippen LogP contribution in [-0.2, 0) is 12.8 Å². The number of unbranched alkanes of at least 4 members (excludes halogenated alkanes) is 4. The Bertz CT molecular complexity index is 389. The van der Waals surface area contributed by atoms with Crippen molar-refractivity contribution in [1.29, 1.82) is 0 Å². The van der Waals surface area contributed by atoms with Crippen LogP contribution in [0.5, 0.6) is 0 Å². The monoisotopic (exact) mass is 307 g/mol. The van der Waals surface area contributed by atoms with Crippen LogP contribution in [0.2, 0.25) is 0 Å². The molecule has 0 amide bonds. The minimum atomic E-state index is 0. The van der Waals surface area contributed by atoms with E-state index in [1.54, 1.807) is 5.56 Å². The summed E-state index contributed by atoms with van der Waals surface area (Å²) in [5, 5.41) is 0. The molecule has 128 valence electrons. The van der Waals surface area contributed by atoms with Gasteiger partial charge in [0.1, 0.15) is 0 Å². The molecule has 0 radical (unpaired) electrons. The largest absolute Gasteiger partial charge is 0.412 e. The van der Waals surface area contributed by atoms with Gasteiger partial charge >= 0.3 is 0 Å². The SMILES string of the molecule is CCCCCCCC(N)c1cccc(CCC)c1CCC.O. The quantitative estimate of drug-likeness (QED) is 0.566. The van der Waals surface area contributed by atoms with E-state index in [4.69, 9.17) is 5.73 Å². The molecule has 0 saturated heterocycles. The first kappa shape index (κ1) is 21.1. The summed E-state index contributed by atoms with van der Waals surface area (Å²) in [5.41, 5.74) is 11.0. The maximum absolute atomic E-state index is 6.51. The maximum Gasteiger partial charge on any atom is 0.0297 e. The van der Waals surface area contributed by atoms with Crippen molar-refractivity contribution in [3.63, 3.8) is 0 Å². The van der Waals surface area contributed by atoms with Crippen LogP contribution in [0.15, 0.2) is 18.2 Å². The molecule has 0 fully saturated rings. The molecule has 4 N–H and O–H groups in total. The zero-order chi connectivity index (χ0) is 15.5. The number of aryl methyl sites for hydroxylation is 1. The second-order valence-corrected chi connectivity index (χ2v) is 6.29. The van der Waals surface area contributed by atoms with Gasteiger partial charge < -0.3 is 11.2 Å². The number of rotatable bonds is 11. The fraction of sp³-hybridized carbons (Fsp3) is 0.700. The van der Waals surface area contributed by atoms with Crippen LogP contribution in [0.4, 0.5) is 0 Å². The minimum absolute atomic E-state index is 0. The lowest BCUT2D eigenvalue weighted by atomic mass is 9.89. The fourth-order valence-corrected chi connectivity index (χ4v) is 3.18. The van der Waals surface area contributed by atoms with Gasteiger partial charge in [-0.2, -0.15) is 0 Å². The zero-order valence-electron chi connectivity index (χ0n) is 15.0. The standard InChI is InChI=1S/C20H35N.H2O/c1-4-7-8-9-10-16-20(21)19-15-11-14-17(12-5-2)18(19)13-6-3;/h11,14-15,20H,4-10,12-13,16,21H2,1-3H3;1H2. The van der Waals surface area contributed by atoms with Crippen molar-refractivity contribution in [2.75, 3.05) is 0 Å². The van der Waals surface area contributed by atoms with Crippen molar-refractivity contribution in [3.05, 3.63) is 34.9 Å². The molecule has 1 aromatic carbocycles. The van der Waals surface area contributed by atoms with Gasteiger partial charge in [0, 0.05) is 6.04 Å². The second kappa shape index (κ2) is 12.7. The second-order valence-electron chi connectivity index (χ2n) is 6.29. The van der Waals surface area contributed by atoms with E-state index in [0.717, 1.165) is 6.42 Å². The van der Waals surface area contributed by atoms with Crippen LogP contribution in [0.3, 0.4) is 0 Å². The van der Waals surface area contributed by atoms with Gasteiger partial charge in [0.15, 0.2) is 0 Å². The predicted molar refractivity (Wildman–Crippen MR) is 98.4 cm³/mol. The van der Waals surface area contributed by atoms with E-state index in [9.17, 15) is 0 Å². The average molecular weight is 308 g/mol. The van der Waals surface area contributed by atoms with Gasteiger partial charge in [0.05, 0.1) is 0 Å². The zero-order valence-corrected chi connectivity index (χ0v) is 15.0. The molecule has 0 aromatic heterocycles. The molecule has 1 aromatic rings. The Labute approximate surface area is 137 Å². The van der Waals surface area contributed by atoms with Crippen molar-refractivity contribution in [2.24, 2.45) is 5.73 Å². The molecule has 0 aliphatic heterocycles. The molecule has 22 heavy (non-hydrogen) atoms. The summed E-state index contributed by atoms with van der Waals surface area (Å²) in [6, 6.07) is 6.99. The Hall–Kier alpha value is -0.860. The summed E-state index contributed by atoms with van der Waals surface area (Å²) in [5.74, 6) is 0. The molecule has 0 heterocycles. The van der Waals surface area contributed by atoms with Crippen LogP contribution in [0.1, 0.15) is 94.9 Å². The molecule has 0 saturated carbocycles. The van der Waals surface area contributed by atoms with Gasteiger partial charge in [0.2, 0.25) is 0 Å². The van der Waals surface area contributed by atoms with E-state index >= 15 is 0 Å². The van der Waals surface area contributed by atoms with Gasteiger partial charge in [-0.25, -0.2) is 0 Å². The van der Waals surface area contributed by atoms with E-state index in [1.165, 1.54) is 68.9 Å². The Kier molecular flexibility index (Phi) is 12.2. The summed E-state index contributed by atoms with van der Waals surface area (Å²) in [6.45, 7) is 6.79. The molecule has 0 bridgehead atoms.